The molecule has 1 N–H and O–H groups in total. The summed E-state index contributed by atoms with van der Waals surface area (Å²) < 4.78 is 0. The number of rotatable bonds is 9. The van der Waals surface area contributed by atoms with Crippen molar-refractivity contribution in [1.29, 1.82) is 0 Å². The molecule has 0 radical (unpaired) electrons. The smallest absolute Gasteiger partial charge is 0.243 e. The molecule has 2 amide bonds. The molecule has 0 bridgehead atoms. The molecule has 30 heavy (non-hydrogen) atoms. The number of hydrogen-bond donors (Lipinski definition) is 1. The highest BCUT2D eigenvalue weighted by molar-refractivity contribution is 7.99. The predicted molar refractivity (Wildman–Crippen MR) is 125 cm³/mol. The second kappa shape index (κ2) is 11.2. The third-order valence-electron chi connectivity index (χ3n) is 4.81. The topological polar surface area (TPSA) is 49.4 Å². The van der Waals surface area contributed by atoms with Crippen LogP contribution in [0.3, 0.4) is 0 Å². The van der Waals surface area contributed by atoms with Crippen molar-refractivity contribution in [2.24, 2.45) is 0 Å². The SMILES string of the molecule is CC[C@H](C(=O)NC(C)(C)C)N(Cc1ccccc1C)C(=O)CCSc1ccccc1. The Balaban J connectivity index is 2.17. The fourth-order valence-electron chi connectivity index (χ4n) is 3.26. The lowest BCUT2D eigenvalue weighted by atomic mass is 10.0. The monoisotopic (exact) mass is 426 g/mol. The van der Waals surface area contributed by atoms with Gasteiger partial charge < -0.3 is 10.2 Å². The minimum atomic E-state index is -0.488. The summed E-state index contributed by atoms with van der Waals surface area (Å²) in [6.07, 6.45) is 0.968. The van der Waals surface area contributed by atoms with E-state index in [1.807, 2.05) is 89.2 Å². The standard InChI is InChI=1S/C25H34N2O2S/c1-6-22(24(29)26-25(3,4)5)27(18-20-13-11-10-12-19(20)2)23(28)16-17-30-21-14-8-7-9-15-21/h7-15,22H,6,16-18H2,1-5H3,(H,26,29)/t22-/m1/s1. The molecule has 0 aliphatic carbocycles. The molecule has 0 saturated heterocycles. The van der Waals surface area contributed by atoms with Gasteiger partial charge in [-0.15, -0.1) is 11.8 Å². The van der Waals surface area contributed by atoms with Crippen LogP contribution in [0.2, 0.25) is 0 Å². The number of carbonyl (C=O) groups excluding carboxylic acids is 2. The lowest BCUT2D eigenvalue weighted by molar-refractivity contribution is -0.141. The van der Waals surface area contributed by atoms with Gasteiger partial charge in [-0.05, 0) is 57.4 Å². The number of nitrogens with zero attached hydrogens (tertiary/aromatic N) is 1. The molecule has 0 aliphatic rings. The van der Waals surface area contributed by atoms with E-state index in [-0.39, 0.29) is 17.4 Å². The summed E-state index contributed by atoms with van der Waals surface area (Å²) in [4.78, 5) is 29.2. The van der Waals surface area contributed by atoms with Crippen molar-refractivity contribution >= 4 is 23.6 Å². The number of benzene rings is 2. The number of thioether (sulfide) groups is 1. The number of carbonyl (C=O) groups is 2. The third-order valence-corrected chi connectivity index (χ3v) is 5.83. The zero-order chi connectivity index (χ0) is 22.1. The van der Waals surface area contributed by atoms with Gasteiger partial charge in [-0.1, -0.05) is 49.4 Å². The van der Waals surface area contributed by atoms with E-state index in [9.17, 15) is 9.59 Å². The maximum atomic E-state index is 13.3. The Morgan fingerprint density at radius 1 is 1.03 bits per heavy atom. The second-order valence-corrected chi connectivity index (χ2v) is 9.69. The van der Waals surface area contributed by atoms with Crippen LogP contribution in [0.25, 0.3) is 0 Å². The number of nitrogens with one attached hydrogen (secondary N) is 1. The van der Waals surface area contributed by atoms with Crippen LogP contribution >= 0.6 is 11.8 Å². The fraction of sp³-hybridized carbons (Fsp3) is 0.440. The van der Waals surface area contributed by atoms with Gasteiger partial charge in [0.2, 0.25) is 11.8 Å². The van der Waals surface area contributed by atoms with Crippen LogP contribution < -0.4 is 5.32 Å². The predicted octanol–water partition coefficient (Wildman–Crippen LogP) is 5.20. The molecule has 2 aromatic rings. The highest BCUT2D eigenvalue weighted by atomic mass is 32.2. The molecular weight excluding hydrogens is 392 g/mol. The van der Waals surface area contributed by atoms with Crippen LogP contribution in [0.15, 0.2) is 59.5 Å². The first kappa shape index (κ1) is 24.0. The molecule has 0 fully saturated rings. The Hall–Kier alpha value is -2.27. The first-order chi connectivity index (χ1) is 14.2. The average molecular weight is 427 g/mol. The molecule has 0 heterocycles. The van der Waals surface area contributed by atoms with E-state index in [1.165, 1.54) is 0 Å². The highest BCUT2D eigenvalue weighted by Crippen LogP contribution is 2.21. The summed E-state index contributed by atoms with van der Waals surface area (Å²) in [5.41, 5.74) is 1.86. The van der Waals surface area contributed by atoms with Gasteiger partial charge in [-0.25, -0.2) is 0 Å². The molecule has 0 spiro atoms. The highest BCUT2D eigenvalue weighted by Gasteiger charge is 2.30. The molecule has 2 rings (SSSR count). The Morgan fingerprint density at radius 3 is 2.27 bits per heavy atom. The summed E-state index contributed by atoms with van der Waals surface area (Å²) in [6.45, 7) is 10.3. The van der Waals surface area contributed by atoms with Crippen molar-refractivity contribution in [2.45, 2.75) is 70.5 Å². The molecule has 0 aromatic heterocycles. The van der Waals surface area contributed by atoms with Gasteiger partial charge in [0.1, 0.15) is 6.04 Å². The Kier molecular flexibility index (Phi) is 8.97. The van der Waals surface area contributed by atoms with E-state index >= 15 is 0 Å². The van der Waals surface area contributed by atoms with Crippen LogP contribution in [0.5, 0.6) is 0 Å². The van der Waals surface area contributed by atoms with Gasteiger partial charge in [0, 0.05) is 29.2 Å². The van der Waals surface area contributed by atoms with E-state index in [2.05, 4.69) is 5.32 Å². The van der Waals surface area contributed by atoms with Crippen LogP contribution in [0, 0.1) is 6.92 Å². The maximum Gasteiger partial charge on any atom is 0.243 e. The van der Waals surface area contributed by atoms with E-state index in [0.717, 1.165) is 16.0 Å². The molecule has 2 aromatic carbocycles. The van der Waals surface area contributed by atoms with E-state index < -0.39 is 6.04 Å². The number of amides is 2. The normalized spacial score (nSPS) is 12.3. The third kappa shape index (κ3) is 7.52. The minimum Gasteiger partial charge on any atom is -0.350 e. The van der Waals surface area contributed by atoms with Crippen LogP contribution in [0.4, 0.5) is 0 Å². The van der Waals surface area contributed by atoms with E-state index in [0.29, 0.717) is 25.1 Å². The molecule has 0 unspecified atom stereocenters. The van der Waals surface area contributed by atoms with Gasteiger partial charge in [0.05, 0.1) is 0 Å². The van der Waals surface area contributed by atoms with Gasteiger partial charge in [-0.2, -0.15) is 0 Å². The molecule has 162 valence electrons. The molecule has 5 heteroatoms. The van der Waals surface area contributed by atoms with Gasteiger partial charge in [-0.3, -0.25) is 9.59 Å². The first-order valence-corrected chi connectivity index (χ1v) is 11.5. The summed E-state index contributed by atoms with van der Waals surface area (Å²) in [7, 11) is 0. The van der Waals surface area contributed by atoms with Crippen molar-refractivity contribution in [2.75, 3.05) is 5.75 Å². The van der Waals surface area contributed by atoms with Crippen molar-refractivity contribution in [3.8, 4) is 0 Å². The zero-order valence-electron chi connectivity index (χ0n) is 18.8. The van der Waals surface area contributed by atoms with Crippen molar-refractivity contribution < 1.29 is 9.59 Å². The van der Waals surface area contributed by atoms with Crippen LogP contribution in [-0.4, -0.2) is 34.0 Å². The Labute approximate surface area is 185 Å². The summed E-state index contributed by atoms with van der Waals surface area (Å²) >= 11 is 1.67. The summed E-state index contributed by atoms with van der Waals surface area (Å²) in [5.74, 6) is 0.602. The van der Waals surface area contributed by atoms with Crippen LogP contribution in [-0.2, 0) is 16.1 Å². The van der Waals surface area contributed by atoms with Crippen molar-refractivity contribution in [3.05, 3.63) is 65.7 Å². The zero-order valence-corrected chi connectivity index (χ0v) is 19.6. The Bertz CT molecular complexity index is 831. The van der Waals surface area contributed by atoms with Crippen molar-refractivity contribution in [1.82, 2.24) is 10.2 Å². The molecule has 4 nitrogen and oxygen atoms in total. The lowest BCUT2D eigenvalue weighted by Crippen LogP contribution is -2.53. The largest absolute Gasteiger partial charge is 0.350 e. The number of hydrogen-bond acceptors (Lipinski definition) is 3. The van der Waals surface area contributed by atoms with Crippen molar-refractivity contribution in [3.63, 3.8) is 0 Å². The van der Waals surface area contributed by atoms with E-state index in [4.69, 9.17) is 0 Å². The van der Waals surface area contributed by atoms with Crippen LogP contribution in [0.1, 0.15) is 51.7 Å². The average Bonchev–Trinajstić information content (AvgIpc) is 2.68. The molecule has 0 aliphatic heterocycles. The number of aryl methyl sites for hydroxylation is 1. The quantitative estimate of drug-likeness (QED) is 0.561. The molecule has 0 saturated carbocycles. The van der Waals surface area contributed by atoms with Gasteiger partial charge in [0.25, 0.3) is 0 Å². The lowest BCUT2D eigenvalue weighted by Gasteiger charge is -2.33. The van der Waals surface area contributed by atoms with Gasteiger partial charge >= 0.3 is 0 Å². The summed E-state index contributed by atoms with van der Waals surface area (Å²) in [6, 6.07) is 17.6. The van der Waals surface area contributed by atoms with Gasteiger partial charge in [0.15, 0.2) is 0 Å². The van der Waals surface area contributed by atoms with E-state index in [1.54, 1.807) is 16.7 Å². The molecular formula is C25H34N2O2S. The molecule has 1 atom stereocenters. The maximum absolute atomic E-state index is 13.3. The minimum absolute atomic E-state index is 0.0117. The Morgan fingerprint density at radius 2 is 1.67 bits per heavy atom. The summed E-state index contributed by atoms with van der Waals surface area (Å²) in [5, 5.41) is 3.05. The second-order valence-electron chi connectivity index (χ2n) is 8.52. The first-order valence-electron chi connectivity index (χ1n) is 10.5. The fourth-order valence-corrected chi connectivity index (χ4v) is 4.12.